The third kappa shape index (κ3) is 2.87. The lowest BCUT2D eigenvalue weighted by Crippen LogP contribution is -2.42. The maximum absolute atomic E-state index is 12.6. The molecular weight excluding hydrogens is 380 g/mol. The van der Waals surface area contributed by atoms with Crippen LogP contribution >= 0.6 is 15.9 Å². The van der Waals surface area contributed by atoms with Crippen molar-refractivity contribution >= 4 is 32.7 Å². The van der Waals surface area contributed by atoms with Gasteiger partial charge in [-0.3, -0.25) is 4.79 Å². The number of carbonyl (C=O) groups is 1. The second-order valence-electron chi connectivity index (χ2n) is 6.29. The fraction of sp³-hybridized carbons (Fsp3) is 0.250. The second-order valence-corrected chi connectivity index (χ2v) is 7.21. The lowest BCUT2D eigenvalue weighted by atomic mass is 9.92. The quantitative estimate of drug-likeness (QED) is 0.722. The average molecular weight is 399 g/mol. The van der Waals surface area contributed by atoms with Gasteiger partial charge in [-0.1, -0.05) is 46.3 Å². The Hall–Kier alpha value is -2.11. The summed E-state index contributed by atoms with van der Waals surface area (Å²) < 4.78 is 6.16. The van der Waals surface area contributed by atoms with Crippen molar-refractivity contribution in [3.8, 4) is 0 Å². The van der Waals surface area contributed by atoms with E-state index in [1.165, 1.54) is 10.9 Å². The maximum Gasteiger partial charge on any atom is 0.249 e. The van der Waals surface area contributed by atoms with Gasteiger partial charge in [0.05, 0.1) is 6.04 Å². The van der Waals surface area contributed by atoms with Crippen molar-refractivity contribution < 1.29 is 9.53 Å². The monoisotopic (exact) mass is 398 g/mol. The first-order valence-corrected chi connectivity index (χ1v) is 9.11. The van der Waals surface area contributed by atoms with E-state index in [-0.39, 0.29) is 18.6 Å². The summed E-state index contributed by atoms with van der Waals surface area (Å²) in [5.41, 5.74) is 4.62. The number of fused-ring (bicyclic) bond motifs is 3. The first-order valence-electron chi connectivity index (χ1n) is 8.32. The van der Waals surface area contributed by atoms with Crippen LogP contribution in [-0.4, -0.2) is 36.1 Å². The summed E-state index contributed by atoms with van der Waals surface area (Å²) in [6, 6.07) is 16.3. The molecule has 0 fully saturated rings. The number of benzene rings is 2. The molecule has 2 heterocycles. The molecule has 2 aromatic carbocycles. The van der Waals surface area contributed by atoms with Gasteiger partial charge in [0.15, 0.2) is 0 Å². The third-order valence-corrected chi connectivity index (χ3v) is 5.29. The van der Waals surface area contributed by atoms with Gasteiger partial charge in [-0.25, -0.2) is 0 Å². The fourth-order valence-corrected chi connectivity index (χ4v) is 4.08. The van der Waals surface area contributed by atoms with E-state index in [9.17, 15) is 4.79 Å². The summed E-state index contributed by atoms with van der Waals surface area (Å²) in [5.74, 6) is 0.0156. The van der Waals surface area contributed by atoms with Crippen LogP contribution in [-0.2, 0) is 16.0 Å². The van der Waals surface area contributed by atoms with Gasteiger partial charge < -0.3 is 14.6 Å². The van der Waals surface area contributed by atoms with Crippen molar-refractivity contribution in [1.29, 1.82) is 0 Å². The van der Waals surface area contributed by atoms with Crippen molar-refractivity contribution in [2.24, 2.45) is 0 Å². The third-order valence-electron chi connectivity index (χ3n) is 4.79. The molecule has 1 aliphatic heterocycles. The molecule has 4 nitrogen and oxygen atoms in total. The number of methoxy groups -OCH3 is 1. The number of aromatic amines is 1. The van der Waals surface area contributed by atoms with E-state index in [2.05, 4.69) is 45.2 Å². The Bertz CT molecular complexity index is 920. The molecule has 128 valence electrons. The van der Waals surface area contributed by atoms with E-state index in [0.717, 1.165) is 27.7 Å². The summed E-state index contributed by atoms with van der Waals surface area (Å²) in [4.78, 5) is 18.1. The summed E-state index contributed by atoms with van der Waals surface area (Å²) in [7, 11) is 1.56. The Balaban J connectivity index is 1.88. The first kappa shape index (κ1) is 16.4. The van der Waals surface area contributed by atoms with E-state index < -0.39 is 0 Å². The highest BCUT2D eigenvalue weighted by atomic mass is 79.9. The molecule has 0 spiro atoms. The summed E-state index contributed by atoms with van der Waals surface area (Å²) in [6.07, 6.45) is 0.838. The highest BCUT2D eigenvalue weighted by Gasteiger charge is 2.34. The Labute approximate surface area is 154 Å². The number of hydrogen-bond donors (Lipinski definition) is 1. The van der Waals surface area contributed by atoms with Crippen LogP contribution in [0.15, 0.2) is 53.0 Å². The molecule has 1 atom stereocenters. The molecule has 0 bridgehead atoms. The van der Waals surface area contributed by atoms with Gasteiger partial charge in [-0.15, -0.1) is 0 Å². The summed E-state index contributed by atoms with van der Waals surface area (Å²) in [5, 5.41) is 1.23. The molecule has 1 N–H and O–H groups in total. The van der Waals surface area contributed by atoms with Crippen molar-refractivity contribution in [2.45, 2.75) is 12.5 Å². The number of aromatic nitrogens is 1. The molecular formula is C20H19BrN2O2. The van der Waals surface area contributed by atoms with Gasteiger partial charge in [0, 0.05) is 34.7 Å². The number of nitrogens with one attached hydrogen (secondary N) is 1. The van der Waals surface area contributed by atoms with E-state index in [4.69, 9.17) is 4.74 Å². The zero-order chi connectivity index (χ0) is 17.4. The highest BCUT2D eigenvalue weighted by molar-refractivity contribution is 9.10. The van der Waals surface area contributed by atoms with E-state index in [1.807, 2.05) is 29.2 Å². The van der Waals surface area contributed by atoms with Gasteiger partial charge in [0.2, 0.25) is 5.91 Å². The summed E-state index contributed by atoms with van der Waals surface area (Å²) >= 11 is 3.57. The molecule has 0 aliphatic carbocycles. The van der Waals surface area contributed by atoms with Gasteiger partial charge in [-0.2, -0.15) is 0 Å². The van der Waals surface area contributed by atoms with Crippen LogP contribution in [0.25, 0.3) is 10.9 Å². The van der Waals surface area contributed by atoms with Crippen LogP contribution in [0, 0.1) is 0 Å². The number of hydrogen-bond acceptors (Lipinski definition) is 2. The largest absolute Gasteiger partial charge is 0.375 e. The minimum absolute atomic E-state index is 0.0156. The molecule has 25 heavy (non-hydrogen) atoms. The van der Waals surface area contributed by atoms with Crippen LogP contribution < -0.4 is 0 Å². The molecule has 1 aliphatic rings. The molecule has 0 radical (unpaired) electrons. The number of ether oxygens (including phenoxy) is 1. The number of halogens is 1. The van der Waals surface area contributed by atoms with Crippen LogP contribution in [0.2, 0.25) is 0 Å². The number of amides is 1. The highest BCUT2D eigenvalue weighted by Crippen LogP contribution is 2.39. The Morgan fingerprint density at radius 3 is 2.84 bits per heavy atom. The Kier molecular flexibility index (Phi) is 4.36. The second kappa shape index (κ2) is 6.65. The first-order chi connectivity index (χ1) is 12.2. The molecule has 0 saturated heterocycles. The lowest BCUT2D eigenvalue weighted by Gasteiger charge is -2.36. The van der Waals surface area contributed by atoms with Crippen molar-refractivity contribution in [3.63, 3.8) is 0 Å². The normalized spacial score (nSPS) is 16.9. The predicted molar refractivity (Wildman–Crippen MR) is 102 cm³/mol. The zero-order valence-electron chi connectivity index (χ0n) is 14.0. The van der Waals surface area contributed by atoms with Gasteiger partial charge >= 0.3 is 0 Å². The zero-order valence-corrected chi connectivity index (χ0v) is 15.5. The van der Waals surface area contributed by atoms with Crippen LogP contribution in [0.5, 0.6) is 0 Å². The van der Waals surface area contributed by atoms with E-state index in [1.54, 1.807) is 7.11 Å². The van der Waals surface area contributed by atoms with Crippen LogP contribution in [0.4, 0.5) is 0 Å². The molecule has 3 aromatic rings. The molecule has 1 amide bonds. The maximum atomic E-state index is 12.6. The van der Waals surface area contributed by atoms with Crippen LogP contribution in [0.3, 0.4) is 0 Å². The number of nitrogens with zero attached hydrogens (tertiary/aromatic N) is 1. The Morgan fingerprint density at radius 1 is 1.28 bits per heavy atom. The lowest BCUT2D eigenvalue weighted by molar-refractivity contribution is -0.137. The van der Waals surface area contributed by atoms with Crippen LogP contribution in [0.1, 0.15) is 22.9 Å². The molecule has 1 unspecified atom stereocenters. The number of carbonyl (C=O) groups excluding carboxylic acids is 1. The SMILES string of the molecule is COCC(=O)N1CCc2c([nH]c3ccc(Br)cc23)C1c1ccccc1. The number of H-pyrrole nitrogens is 1. The van der Waals surface area contributed by atoms with Gasteiger partial charge in [0.1, 0.15) is 6.61 Å². The number of rotatable bonds is 3. The Morgan fingerprint density at radius 2 is 2.08 bits per heavy atom. The molecule has 5 heteroatoms. The average Bonchev–Trinajstić information content (AvgIpc) is 2.99. The van der Waals surface area contributed by atoms with Crippen molar-refractivity contribution in [3.05, 3.63) is 69.8 Å². The van der Waals surface area contributed by atoms with E-state index >= 15 is 0 Å². The van der Waals surface area contributed by atoms with Gasteiger partial charge in [-0.05, 0) is 35.7 Å². The standard InChI is InChI=1S/C20H19BrN2O2/c1-25-12-18(24)23-10-9-15-16-11-14(21)7-8-17(16)22-19(15)20(23)13-5-3-2-4-6-13/h2-8,11,20,22H,9-10,12H2,1H3. The minimum Gasteiger partial charge on any atom is -0.375 e. The van der Waals surface area contributed by atoms with Crippen molar-refractivity contribution in [1.82, 2.24) is 9.88 Å². The van der Waals surface area contributed by atoms with E-state index in [0.29, 0.717) is 6.54 Å². The topological polar surface area (TPSA) is 45.3 Å². The van der Waals surface area contributed by atoms with Gasteiger partial charge in [0.25, 0.3) is 0 Å². The molecule has 1 aromatic heterocycles. The fourth-order valence-electron chi connectivity index (χ4n) is 3.72. The smallest absolute Gasteiger partial charge is 0.249 e. The summed E-state index contributed by atoms with van der Waals surface area (Å²) in [6.45, 7) is 0.790. The molecule has 4 rings (SSSR count). The predicted octanol–water partition coefficient (Wildman–Crippen LogP) is 4.05. The molecule has 0 saturated carbocycles. The van der Waals surface area contributed by atoms with Crippen molar-refractivity contribution in [2.75, 3.05) is 20.3 Å². The minimum atomic E-state index is -0.112.